The monoisotopic (exact) mass is 244 g/mol. The van der Waals surface area contributed by atoms with Crippen molar-refractivity contribution in [3.8, 4) is 0 Å². The number of aryl methyl sites for hydroxylation is 1. The molecule has 86 valence electrons. The molecule has 3 nitrogen and oxygen atoms in total. The van der Waals surface area contributed by atoms with Crippen LogP contribution in [0.4, 0.5) is 0 Å². The second kappa shape index (κ2) is 3.96. The highest BCUT2D eigenvalue weighted by Gasteiger charge is 2.09. The van der Waals surface area contributed by atoms with Gasteiger partial charge in [-0.05, 0) is 18.6 Å². The van der Waals surface area contributed by atoms with Gasteiger partial charge in [0.15, 0.2) is 5.65 Å². The molecule has 0 amide bonds. The van der Waals surface area contributed by atoms with Crippen LogP contribution < -0.4 is 4.87 Å². The molecule has 3 aromatic rings. The van der Waals surface area contributed by atoms with Crippen molar-refractivity contribution in [2.45, 2.75) is 19.9 Å². The molecular weight excluding hydrogens is 232 g/mol. The number of fused-ring (bicyclic) bond motifs is 2. The molecule has 2 aromatic heterocycles. The summed E-state index contributed by atoms with van der Waals surface area (Å²) in [5.74, 6) is 0. The van der Waals surface area contributed by atoms with Crippen molar-refractivity contribution in [2.75, 3.05) is 0 Å². The fourth-order valence-corrected chi connectivity index (χ4v) is 2.92. The van der Waals surface area contributed by atoms with Gasteiger partial charge in [0, 0.05) is 11.9 Å². The molecule has 0 atom stereocenters. The van der Waals surface area contributed by atoms with Crippen LogP contribution in [0.25, 0.3) is 21.3 Å². The van der Waals surface area contributed by atoms with E-state index in [0.29, 0.717) is 0 Å². The standard InChI is InChI=1S/C13H12N2OS/c1-2-7-15-12-11(17-13(15)16)8-9-5-3-4-6-10(9)14-12/h3-6,8H,2,7H2,1H3. The Morgan fingerprint density at radius 3 is 3.00 bits per heavy atom. The Labute approximate surface area is 102 Å². The SMILES string of the molecule is CCCn1c(=O)sc2cc3ccccc3nc21. The minimum Gasteiger partial charge on any atom is -0.283 e. The first-order valence-electron chi connectivity index (χ1n) is 5.68. The van der Waals surface area contributed by atoms with Gasteiger partial charge in [0.2, 0.25) is 0 Å². The first-order valence-corrected chi connectivity index (χ1v) is 6.50. The summed E-state index contributed by atoms with van der Waals surface area (Å²) in [5, 5.41) is 1.09. The van der Waals surface area contributed by atoms with Crippen molar-refractivity contribution in [3.63, 3.8) is 0 Å². The Kier molecular flexibility index (Phi) is 2.44. The number of hydrogen-bond donors (Lipinski definition) is 0. The van der Waals surface area contributed by atoms with Crippen molar-refractivity contribution >= 4 is 32.6 Å². The molecule has 0 fully saturated rings. The molecule has 0 saturated heterocycles. The van der Waals surface area contributed by atoms with Crippen molar-refractivity contribution in [3.05, 3.63) is 40.0 Å². The zero-order chi connectivity index (χ0) is 11.8. The summed E-state index contributed by atoms with van der Waals surface area (Å²) in [5.41, 5.74) is 1.77. The van der Waals surface area contributed by atoms with Crippen LogP contribution in [-0.2, 0) is 6.54 Å². The van der Waals surface area contributed by atoms with E-state index >= 15 is 0 Å². The smallest absolute Gasteiger partial charge is 0.283 e. The molecule has 0 radical (unpaired) electrons. The Bertz CT molecular complexity index is 742. The van der Waals surface area contributed by atoms with Gasteiger partial charge in [-0.3, -0.25) is 9.36 Å². The molecule has 2 heterocycles. The van der Waals surface area contributed by atoms with Gasteiger partial charge in [0.25, 0.3) is 0 Å². The van der Waals surface area contributed by atoms with Crippen LogP contribution in [0.2, 0.25) is 0 Å². The summed E-state index contributed by atoms with van der Waals surface area (Å²) in [4.78, 5) is 16.5. The number of nitrogens with zero attached hydrogens (tertiary/aromatic N) is 2. The highest BCUT2D eigenvalue weighted by Crippen LogP contribution is 2.21. The van der Waals surface area contributed by atoms with Gasteiger partial charge in [0.05, 0.1) is 10.2 Å². The van der Waals surface area contributed by atoms with Gasteiger partial charge < -0.3 is 0 Å². The van der Waals surface area contributed by atoms with Crippen LogP contribution in [0.5, 0.6) is 0 Å². The topological polar surface area (TPSA) is 34.9 Å². The second-order valence-electron chi connectivity index (χ2n) is 4.02. The van der Waals surface area contributed by atoms with Crippen molar-refractivity contribution in [1.82, 2.24) is 9.55 Å². The zero-order valence-corrected chi connectivity index (χ0v) is 10.3. The maximum absolute atomic E-state index is 11.8. The summed E-state index contributed by atoms with van der Waals surface area (Å²) in [6.07, 6.45) is 0.945. The lowest BCUT2D eigenvalue weighted by molar-refractivity contribution is 0.685. The van der Waals surface area contributed by atoms with Gasteiger partial charge in [-0.25, -0.2) is 4.98 Å². The summed E-state index contributed by atoms with van der Waals surface area (Å²) >= 11 is 1.28. The Hall–Kier alpha value is -1.68. The van der Waals surface area contributed by atoms with E-state index in [1.165, 1.54) is 11.3 Å². The number of hydrogen-bond acceptors (Lipinski definition) is 3. The number of benzene rings is 1. The fraction of sp³-hybridized carbons (Fsp3) is 0.231. The Morgan fingerprint density at radius 1 is 1.35 bits per heavy atom. The lowest BCUT2D eigenvalue weighted by atomic mass is 10.2. The molecule has 0 aliphatic rings. The molecule has 0 aliphatic heterocycles. The lowest BCUT2D eigenvalue weighted by Gasteiger charge is -2.01. The van der Waals surface area contributed by atoms with E-state index in [1.807, 2.05) is 24.3 Å². The highest BCUT2D eigenvalue weighted by atomic mass is 32.1. The number of aromatic nitrogens is 2. The van der Waals surface area contributed by atoms with E-state index in [9.17, 15) is 4.79 Å². The van der Waals surface area contributed by atoms with Gasteiger partial charge in [-0.15, -0.1) is 0 Å². The number of thiazole rings is 1. The van der Waals surface area contributed by atoms with E-state index < -0.39 is 0 Å². The van der Waals surface area contributed by atoms with Crippen LogP contribution >= 0.6 is 11.3 Å². The summed E-state index contributed by atoms with van der Waals surface area (Å²) in [6.45, 7) is 2.81. The van der Waals surface area contributed by atoms with E-state index in [0.717, 1.165) is 34.2 Å². The molecule has 17 heavy (non-hydrogen) atoms. The summed E-state index contributed by atoms with van der Waals surface area (Å²) in [6, 6.07) is 10.0. The second-order valence-corrected chi connectivity index (χ2v) is 5.02. The molecule has 1 aromatic carbocycles. The van der Waals surface area contributed by atoms with E-state index in [2.05, 4.69) is 18.0 Å². The molecule has 0 spiro atoms. The minimum atomic E-state index is 0.0876. The third-order valence-corrected chi connectivity index (χ3v) is 3.71. The Balaban J connectivity index is 2.40. The molecule has 0 aliphatic carbocycles. The van der Waals surface area contributed by atoms with Crippen LogP contribution in [0, 0.1) is 0 Å². The lowest BCUT2D eigenvalue weighted by Crippen LogP contribution is -2.12. The van der Waals surface area contributed by atoms with Crippen LogP contribution in [0.1, 0.15) is 13.3 Å². The average molecular weight is 244 g/mol. The summed E-state index contributed by atoms with van der Waals surface area (Å²) in [7, 11) is 0. The molecular formula is C13H12N2OS. The maximum Gasteiger partial charge on any atom is 0.309 e. The predicted octanol–water partition coefficient (Wildman–Crippen LogP) is 3.02. The first-order chi connectivity index (χ1) is 8.29. The normalized spacial score (nSPS) is 11.4. The van der Waals surface area contributed by atoms with E-state index in [-0.39, 0.29) is 4.87 Å². The van der Waals surface area contributed by atoms with Crippen molar-refractivity contribution < 1.29 is 0 Å². The number of para-hydroxylation sites is 1. The molecule has 0 saturated carbocycles. The first kappa shape index (κ1) is 10.5. The molecule has 0 unspecified atom stereocenters. The number of pyridine rings is 1. The van der Waals surface area contributed by atoms with Gasteiger partial charge in [-0.2, -0.15) is 0 Å². The summed E-state index contributed by atoms with van der Waals surface area (Å²) < 4.78 is 2.74. The molecule has 3 rings (SSSR count). The largest absolute Gasteiger partial charge is 0.309 e. The fourth-order valence-electron chi connectivity index (χ4n) is 2.01. The third kappa shape index (κ3) is 1.65. The molecule has 0 bridgehead atoms. The maximum atomic E-state index is 11.8. The quantitative estimate of drug-likeness (QED) is 0.694. The number of rotatable bonds is 2. The van der Waals surface area contributed by atoms with Crippen LogP contribution in [0.3, 0.4) is 0 Å². The van der Waals surface area contributed by atoms with Crippen LogP contribution in [0.15, 0.2) is 35.1 Å². The van der Waals surface area contributed by atoms with Crippen molar-refractivity contribution in [1.29, 1.82) is 0 Å². The van der Waals surface area contributed by atoms with E-state index in [4.69, 9.17) is 0 Å². The molecule has 4 heteroatoms. The van der Waals surface area contributed by atoms with Gasteiger partial charge in [0.1, 0.15) is 0 Å². The predicted molar refractivity (Wildman–Crippen MR) is 71.7 cm³/mol. The zero-order valence-electron chi connectivity index (χ0n) is 9.51. The molecule has 0 N–H and O–H groups in total. The van der Waals surface area contributed by atoms with Crippen molar-refractivity contribution in [2.24, 2.45) is 0 Å². The third-order valence-electron chi connectivity index (χ3n) is 2.79. The van der Waals surface area contributed by atoms with Gasteiger partial charge in [-0.1, -0.05) is 36.5 Å². The van der Waals surface area contributed by atoms with Gasteiger partial charge >= 0.3 is 4.87 Å². The minimum absolute atomic E-state index is 0.0876. The highest BCUT2D eigenvalue weighted by molar-refractivity contribution is 7.16. The van der Waals surface area contributed by atoms with Crippen LogP contribution in [-0.4, -0.2) is 9.55 Å². The Morgan fingerprint density at radius 2 is 2.18 bits per heavy atom. The van der Waals surface area contributed by atoms with E-state index in [1.54, 1.807) is 4.57 Å². The average Bonchev–Trinajstić information content (AvgIpc) is 2.63.